The Labute approximate surface area is 137 Å². The number of aliphatic hydroxyl groups excluding tert-OH is 1. The summed E-state index contributed by atoms with van der Waals surface area (Å²) in [6.45, 7) is 7.61. The van der Waals surface area contributed by atoms with Crippen molar-refractivity contribution in [3.05, 3.63) is 18.0 Å². The first-order valence-corrected chi connectivity index (χ1v) is 8.41. The number of rotatable bonds is 4. The summed E-state index contributed by atoms with van der Waals surface area (Å²) in [6, 6.07) is 2.02. The number of hydrogen-bond acceptors (Lipinski definition) is 5. The Hall–Kier alpha value is -1.44. The molecule has 3 heterocycles. The molecule has 2 aliphatic rings. The van der Waals surface area contributed by atoms with Gasteiger partial charge in [-0.15, -0.1) is 0 Å². The molecule has 2 fully saturated rings. The van der Waals surface area contributed by atoms with E-state index in [2.05, 4.69) is 21.9 Å². The van der Waals surface area contributed by atoms with Crippen LogP contribution < -0.4 is 0 Å². The normalized spacial score (nSPS) is 26.8. The predicted molar refractivity (Wildman–Crippen MR) is 87.0 cm³/mol. The second kappa shape index (κ2) is 6.98. The van der Waals surface area contributed by atoms with Gasteiger partial charge in [-0.3, -0.25) is 14.4 Å². The van der Waals surface area contributed by atoms with Crippen LogP contribution in [0.3, 0.4) is 0 Å². The predicted octanol–water partition coefficient (Wildman–Crippen LogP) is -0.599. The summed E-state index contributed by atoms with van der Waals surface area (Å²) in [5, 5.41) is 14.7. The highest BCUT2D eigenvalue weighted by Crippen LogP contribution is 2.19. The highest BCUT2D eigenvalue weighted by Gasteiger charge is 2.38. The van der Waals surface area contributed by atoms with Crippen molar-refractivity contribution in [2.75, 3.05) is 46.3 Å². The number of hydrogen-bond donors (Lipinski definition) is 1. The van der Waals surface area contributed by atoms with Crippen LogP contribution in [0, 0.1) is 6.92 Å². The van der Waals surface area contributed by atoms with Gasteiger partial charge in [-0.05, 0) is 20.0 Å². The van der Waals surface area contributed by atoms with Gasteiger partial charge < -0.3 is 14.9 Å². The lowest BCUT2D eigenvalue weighted by Crippen LogP contribution is -2.52. The van der Waals surface area contributed by atoms with Gasteiger partial charge in [-0.25, -0.2) is 0 Å². The zero-order chi connectivity index (χ0) is 16.4. The fraction of sp³-hybridized carbons (Fsp3) is 0.750. The molecule has 0 bridgehead atoms. The van der Waals surface area contributed by atoms with Gasteiger partial charge in [0, 0.05) is 58.4 Å². The molecular weight excluding hydrogens is 294 g/mol. The first-order valence-electron chi connectivity index (χ1n) is 8.41. The molecular formula is C16H27N5O2. The highest BCUT2D eigenvalue weighted by molar-refractivity contribution is 5.76. The van der Waals surface area contributed by atoms with Crippen LogP contribution >= 0.6 is 0 Å². The van der Waals surface area contributed by atoms with Crippen LogP contribution in [-0.4, -0.2) is 94.0 Å². The molecule has 0 aromatic carbocycles. The molecule has 0 aliphatic carbocycles. The third-order valence-corrected chi connectivity index (χ3v) is 4.95. The van der Waals surface area contributed by atoms with Crippen LogP contribution in [-0.2, 0) is 11.3 Å². The third-order valence-electron chi connectivity index (χ3n) is 4.95. The summed E-state index contributed by atoms with van der Waals surface area (Å²) < 4.78 is 1.80. The second-order valence-electron chi connectivity index (χ2n) is 6.74. The Morgan fingerprint density at radius 3 is 2.70 bits per heavy atom. The number of aliphatic hydroxyl groups is 1. The van der Waals surface area contributed by atoms with Gasteiger partial charge in [-0.2, -0.15) is 5.10 Å². The Morgan fingerprint density at radius 1 is 1.30 bits per heavy atom. The molecule has 0 unspecified atom stereocenters. The van der Waals surface area contributed by atoms with Gasteiger partial charge >= 0.3 is 0 Å². The maximum atomic E-state index is 12.4. The highest BCUT2D eigenvalue weighted by atomic mass is 16.3. The lowest BCUT2D eigenvalue weighted by Gasteiger charge is -2.37. The van der Waals surface area contributed by atoms with E-state index in [4.69, 9.17) is 0 Å². The van der Waals surface area contributed by atoms with Gasteiger partial charge in [0.25, 0.3) is 0 Å². The summed E-state index contributed by atoms with van der Waals surface area (Å²) in [5.41, 5.74) is 0.962. The first kappa shape index (κ1) is 16.4. The van der Waals surface area contributed by atoms with Crippen molar-refractivity contribution in [3.63, 3.8) is 0 Å². The number of aromatic nitrogens is 2. The monoisotopic (exact) mass is 321 g/mol. The maximum Gasteiger partial charge on any atom is 0.224 e. The van der Waals surface area contributed by atoms with Crippen LogP contribution in [0.1, 0.15) is 12.1 Å². The zero-order valence-electron chi connectivity index (χ0n) is 14.1. The van der Waals surface area contributed by atoms with E-state index < -0.39 is 6.10 Å². The number of β-amino-alcohol motifs (C(OH)–C–C–N with tert-alkyl or cyclic N) is 1. The van der Waals surface area contributed by atoms with E-state index in [1.807, 2.05) is 24.1 Å². The van der Waals surface area contributed by atoms with E-state index in [1.54, 1.807) is 4.68 Å². The number of likely N-dealkylation sites (N-methyl/N-ethyl adjacent to an activating group) is 1. The zero-order valence-corrected chi connectivity index (χ0v) is 14.1. The SMILES string of the molecule is Cc1ccn(CCC(=O)N2C[C@H](O)[C@@H](N3CCN(C)CC3)C2)n1. The molecule has 1 N–H and O–H groups in total. The van der Waals surface area contributed by atoms with Crippen molar-refractivity contribution in [3.8, 4) is 0 Å². The number of carbonyl (C=O) groups excluding carboxylic acids is 1. The van der Waals surface area contributed by atoms with Crippen LogP contribution in [0.5, 0.6) is 0 Å². The standard InChI is InChI=1S/C16H27N5O2/c1-13-3-5-21(17-13)6-4-16(23)20-11-14(15(22)12-20)19-9-7-18(2)8-10-19/h3,5,14-15,22H,4,6-12H2,1-2H3/t14-,15-/m0/s1. The molecule has 23 heavy (non-hydrogen) atoms. The minimum Gasteiger partial charge on any atom is -0.390 e. The second-order valence-corrected chi connectivity index (χ2v) is 6.74. The molecule has 1 aromatic rings. The maximum absolute atomic E-state index is 12.4. The van der Waals surface area contributed by atoms with Crippen molar-refractivity contribution >= 4 is 5.91 Å². The lowest BCUT2D eigenvalue weighted by atomic mass is 10.1. The number of aryl methyl sites for hydroxylation is 2. The Balaban J connectivity index is 1.50. The van der Waals surface area contributed by atoms with Gasteiger partial charge in [0.15, 0.2) is 0 Å². The average Bonchev–Trinajstić information content (AvgIpc) is 3.12. The summed E-state index contributed by atoms with van der Waals surface area (Å²) >= 11 is 0. The molecule has 3 rings (SSSR count). The summed E-state index contributed by atoms with van der Waals surface area (Å²) in [6.07, 6.45) is 1.90. The van der Waals surface area contributed by atoms with E-state index in [9.17, 15) is 9.90 Å². The number of carbonyl (C=O) groups is 1. The van der Waals surface area contributed by atoms with E-state index >= 15 is 0 Å². The van der Waals surface area contributed by atoms with Crippen LogP contribution in [0.4, 0.5) is 0 Å². The first-order chi connectivity index (χ1) is 11.0. The van der Waals surface area contributed by atoms with Crippen molar-refractivity contribution in [1.82, 2.24) is 24.5 Å². The number of likely N-dealkylation sites (tertiary alicyclic amines) is 1. The van der Waals surface area contributed by atoms with Crippen LogP contribution in [0.15, 0.2) is 12.3 Å². The summed E-state index contributed by atoms with van der Waals surface area (Å²) in [7, 11) is 2.12. The quantitative estimate of drug-likeness (QED) is 0.802. The molecule has 1 aromatic heterocycles. The molecule has 2 atom stereocenters. The Morgan fingerprint density at radius 2 is 2.04 bits per heavy atom. The molecule has 0 radical (unpaired) electrons. The van der Waals surface area contributed by atoms with Crippen LogP contribution in [0.2, 0.25) is 0 Å². The fourth-order valence-corrected chi connectivity index (χ4v) is 3.44. The smallest absolute Gasteiger partial charge is 0.224 e. The van der Waals surface area contributed by atoms with E-state index in [0.717, 1.165) is 31.9 Å². The van der Waals surface area contributed by atoms with Gasteiger partial charge in [0.2, 0.25) is 5.91 Å². The van der Waals surface area contributed by atoms with Crippen LogP contribution in [0.25, 0.3) is 0 Å². The Bertz CT molecular complexity index is 538. The van der Waals surface area contributed by atoms with E-state index in [1.165, 1.54) is 0 Å². The molecule has 7 heteroatoms. The third kappa shape index (κ3) is 3.91. The molecule has 1 amide bonds. The van der Waals surface area contributed by atoms with Crippen molar-refractivity contribution in [2.45, 2.75) is 32.0 Å². The topological polar surface area (TPSA) is 64.8 Å². The van der Waals surface area contributed by atoms with E-state index in [0.29, 0.717) is 26.1 Å². The van der Waals surface area contributed by atoms with Crippen molar-refractivity contribution in [1.29, 1.82) is 0 Å². The largest absolute Gasteiger partial charge is 0.390 e. The van der Waals surface area contributed by atoms with Gasteiger partial charge in [-0.1, -0.05) is 0 Å². The van der Waals surface area contributed by atoms with Gasteiger partial charge in [0.1, 0.15) is 0 Å². The fourth-order valence-electron chi connectivity index (χ4n) is 3.44. The minimum absolute atomic E-state index is 0.0830. The average molecular weight is 321 g/mol. The number of amides is 1. The van der Waals surface area contributed by atoms with Gasteiger partial charge in [0.05, 0.1) is 17.8 Å². The minimum atomic E-state index is -0.436. The number of piperazine rings is 1. The summed E-state index contributed by atoms with van der Waals surface area (Å²) in [5.74, 6) is 0.105. The molecule has 7 nitrogen and oxygen atoms in total. The van der Waals surface area contributed by atoms with Crippen molar-refractivity contribution < 1.29 is 9.90 Å². The molecule has 0 spiro atoms. The van der Waals surface area contributed by atoms with E-state index in [-0.39, 0.29) is 11.9 Å². The van der Waals surface area contributed by atoms with Crippen molar-refractivity contribution in [2.24, 2.45) is 0 Å². The summed E-state index contributed by atoms with van der Waals surface area (Å²) in [4.78, 5) is 18.8. The molecule has 128 valence electrons. The lowest BCUT2D eigenvalue weighted by molar-refractivity contribution is -0.130. The molecule has 0 saturated carbocycles. The Kier molecular flexibility index (Phi) is 4.99. The number of nitrogens with zero attached hydrogens (tertiary/aromatic N) is 5. The molecule has 2 saturated heterocycles. The molecule has 2 aliphatic heterocycles.